The molecule has 2 saturated heterocycles. The number of hydrogen-bond acceptors (Lipinski definition) is 3. The largest absolute Gasteiger partial charge is 0.481 e. The molecule has 1 N–H and O–H groups in total. The van der Waals surface area contributed by atoms with E-state index < -0.39 is 17.8 Å². The summed E-state index contributed by atoms with van der Waals surface area (Å²) in [5.74, 6) is -2.14. The van der Waals surface area contributed by atoms with Crippen LogP contribution in [0.15, 0.2) is 24.3 Å². The highest BCUT2D eigenvalue weighted by Gasteiger charge is 2.56. The summed E-state index contributed by atoms with van der Waals surface area (Å²) < 4.78 is 5.71. The Morgan fingerprint density at radius 1 is 1.09 bits per heavy atom. The number of aliphatic carboxylic acids is 1. The van der Waals surface area contributed by atoms with Crippen molar-refractivity contribution < 1.29 is 19.4 Å². The number of carbonyl (C=O) groups is 2. The molecule has 0 unspecified atom stereocenters. The lowest BCUT2D eigenvalue weighted by Crippen LogP contribution is -2.47. The molecular formula is C17H19NO4. The van der Waals surface area contributed by atoms with Crippen LogP contribution in [0.3, 0.4) is 0 Å². The minimum Gasteiger partial charge on any atom is -0.481 e. The molecule has 0 aromatic heterocycles. The Balaban J connectivity index is 1.56. The van der Waals surface area contributed by atoms with Crippen molar-refractivity contribution in [3.05, 3.63) is 35.4 Å². The van der Waals surface area contributed by atoms with Crippen LogP contribution in [0.4, 0.5) is 0 Å². The Bertz CT molecular complexity index is 629. The van der Waals surface area contributed by atoms with Crippen molar-refractivity contribution in [2.75, 3.05) is 6.54 Å². The van der Waals surface area contributed by atoms with Crippen molar-refractivity contribution in [1.29, 1.82) is 0 Å². The first-order valence-electron chi connectivity index (χ1n) is 7.89. The first-order chi connectivity index (χ1) is 10.6. The molecule has 1 amide bonds. The number of carboxylic acids is 1. The summed E-state index contributed by atoms with van der Waals surface area (Å²) >= 11 is 0. The van der Waals surface area contributed by atoms with E-state index in [1.54, 1.807) is 0 Å². The SMILES string of the molecule is O=C(O)[C@@H]1[C@@H](C(=O)N2CCc3ccccc3C2)[C@H]2CC[C@H]1O2. The number of rotatable bonds is 2. The van der Waals surface area contributed by atoms with Gasteiger partial charge in [0.25, 0.3) is 0 Å². The van der Waals surface area contributed by atoms with E-state index in [0.29, 0.717) is 13.1 Å². The van der Waals surface area contributed by atoms with Gasteiger partial charge in [-0.25, -0.2) is 0 Å². The first kappa shape index (κ1) is 13.8. The van der Waals surface area contributed by atoms with Crippen LogP contribution in [-0.2, 0) is 27.3 Å². The number of nitrogens with zero attached hydrogens (tertiary/aromatic N) is 1. The van der Waals surface area contributed by atoms with Gasteiger partial charge in [0.15, 0.2) is 0 Å². The van der Waals surface area contributed by atoms with Gasteiger partial charge in [-0.05, 0) is 30.4 Å². The zero-order valence-electron chi connectivity index (χ0n) is 12.3. The molecule has 22 heavy (non-hydrogen) atoms. The lowest BCUT2D eigenvalue weighted by atomic mass is 9.78. The van der Waals surface area contributed by atoms with Gasteiger partial charge in [0.1, 0.15) is 0 Å². The highest BCUT2D eigenvalue weighted by Crippen LogP contribution is 2.44. The van der Waals surface area contributed by atoms with Crippen LogP contribution >= 0.6 is 0 Å². The molecule has 5 nitrogen and oxygen atoms in total. The van der Waals surface area contributed by atoms with Gasteiger partial charge in [-0.15, -0.1) is 0 Å². The number of ether oxygens (including phenoxy) is 1. The summed E-state index contributed by atoms with van der Waals surface area (Å²) in [6.45, 7) is 1.24. The van der Waals surface area contributed by atoms with Crippen LogP contribution < -0.4 is 0 Å². The summed E-state index contributed by atoms with van der Waals surface area (Å²) in [4.78, 5) is 26.2. The summed E-state index contributed by atoms with van der Waals surface area (Å²) in [5, 5.41) is 9.46. The smallest absolute Gasteiger partial charge is 0.310 e. The third kappa shape index (κ3) is 2.03. The Kier molecular flexibility index (Phi) is 3.18. The molecule has 116 valence electrons. The molecule has 0 aliphatic carbocycles. The van der Waals surface area contributed by atoms with E-state index in [2.05, 4.69) is 6.07 Å². The van der Waals surface area contributed by atoms with Gasteiger partial charge in [-0.2, -0.15) is 0 Å². The van der Waals surface area contributed by atoms with Crippen molar-refractivity contribution in [3.8, 4) is 0 Å². The van der Waals surface area contributed by atoms with Gasteiger partial charge in [0.05, 0.1) is 24.0 Å². The third-order valence-electron chi connectivity index (χ3n) is 5.29. The molecule has 0 spiro atoms. The number of amides is 1. The number of benzene rings is 1. The van der Waals surface area contributed by atoms with E-state index in [4.69, 9.17) is 4.74 Å². The van der Waals surface area contributed by atoms with Gasteiger partial charge in [0, 0.05) is 13.1 Å². The topological polar surface area (TPSA) is 66.8 Å². The maximum atomic E-state index is 12.9. The van der Waals surface area contributed by atoms with Gasteiger partial charge in [0.2, 0.25) is 5.91 Å². The molecule has 2 bridgehead atoms. The van der Waals surface area contributed by atoms with Crippen molar-refractivity contribution in [1.82, 2.24) is 4.90 Å². The molecular weight excluding hydrogens is 282 g/mol. The molecule has 3 aliphatic heterocycles. The predicted molar refractivity (Wildman–Crippen MR) is 78.1 cm³/mol. The zero-order chi connectivity index (χ0) is 15.3. The molecule has 1 aromatic rings. The molecule has 5 heteroatoms. The lowest BCUT2D eigenvalue weighted by molar-refractivity contribution is -0.151. The molecule has 4 rings (SSSR count). The summed E-state index contributed by atoms with van der Waals surface area (Å²) in [6.07, 6.45) is 1.90. The molecule has 4 atom stereocenters. The van der Waals surface area contributed by atoms with Crippen molar-refractivity contribution >= 4 is 11.9 Å². The van der Waals surface area contributed by atoms with Crippen LogP contribution in [-0.4, -0.2) is 40.6 Å². The van der Waals surface area contributed by atoms with Crippen LogP contribution in [0.5, 0.6) is 0 Å². The van der Waals surface area contributed by atoms with E-state index in [1.807, 2.05) is 23.1 Å². The van der Waals surface area contributed by atoms with Gasteiger partial charge in [-0.3, -0.25) is 9.59 Å². The zero-order valence-corrected chi connectivity index (χ0v) is 12.3. The van der Waals surface area contributed by atoms with E-state index >= 15 is 0 Å². The normalized spacial score (nSPS) is 32.8. The Morgan fingerprint density at radius 2 is 1.77 bits per heavy atom. The van der Waals surface area contributed by atoms with Crippen molar-refractivity contribution in [2.45, 2.75) is 38.0 Å². The quantitative estimate of drug-likeness (QED) is 0.898. The van der Waals surface area contributed by atoms with Crippen LogP contribution in [0, 0.1) is 11.8 Å². The molecule has 3 heterocycles. The predicted octanol–water partition coefficient (Wildman–Crippen LogP) is 1.45. The lowest BCUT2D eigenvalue weighted by Gasteiger charge is -2.34. The highest BCUT2D eigenvalue weighted by atomic mass is 16.5. The maximum Gasteiger partial charge on any atom is 0.310 e. The van der Waals surface area contributed by atoms with Crippen LogP contribution in [0.25, 0.3) is 0 Å². The van der Waals surface area contributed by atoms with Gasteiger partial charge < -0.3 is 14.7 Å². The fraction of sp³-hybridized carbons (Fsp3) is 0.529. The second kappa shape index (κ2) is 5.09. The number of carbonyl (C=O) groups excluding carboxylic acids is 1. The fourth-order valence-electron chi connectivity index (χ4n) is 4.20. The standard InChI is InChI=1S/C17H19NO4/c19-16(14-12-5-6-13(22-12)15(14)17(20)21)18-8-7-10-3-1-2-4-11(10)9-18/h1-4,12-15H,5-9H2,(H,20,21)/t12-,13-,14+,15+/m1/s1. The van der Waals surface area contributed by atoms with Crippen LogP contribution in [0.1, 0.15) is 24.0 Å². The summed E-state index contributed by atoms with van der Waals surface area (Å²) in [6, 6.07) is 8.13. The van der Waals surface area contributed by atoms with E-state index in [-0.39, 0.29) is 18.1 Å². The monoisotopic (exact) mass is 301 g/mol. The molecule has 0 saturated carbocycles. The van der Waals surface area contributed by atoms with Gasteiger partial charge in [-0.1, -0.05) is 24.3 Å². The maximum absolute atomic E-state index is 12.9. The number of fused-ring (bicyclic) bond motifs is 3. The van der Waals surface area contributed by atoms with Crippen LogP contribution in [0.2, 0.25) is 0 Å². The number of hydrogen-bond donors (Lipinski definition) is 1. The molecule has 0 radical (unpaired) electrons. The van der Waals surface area contributed by atoms with Crippen molar-refractivity contribution in [2.24, 2.45) is 11.8 Å². The summed E-state index contributed by atoms with van der Waals surface area (Å²) in [7, 11) is 0. The molecule has 3 aliphatic rings. The minimum absolute atomic E-state index is 0.0471. The molecule has 2 fully saturated rings. The Hall–Kier alpha value is -1.88. The van der Waals surface area contributed by atoms with E-state index in [9.17, 15) is 14.7 Å². The average molecular weight is 301 g/mol. The summed E-state index contributed by atoms with van der Waals surface area (Å²) in [5.41, 5.74) is 2.45. The third-order valence-corrected chi connectivity index (χ3v) is 5.29. The van der Waals surface area contributed by atoms with Crippen molar-refractivity contribution in [3.63, 3.8) is 0 Å². The average Bonchev–Trinajstić information content (AvgIpc) is 3.14. The first-order valence-corrected chi connectivity index (χ1v) is 7.89. The highest BCUT2D eigenvalue weighted by molar-refractivity contribution is 5.86. The second-order valence-electron chi connectivity index (χ2n) is 6.46. The number of carboxylic acid groups (broad SMARTS) is 1. The van der Waals surface area contributed by atoms with E-state index in [1.165, 1.54) is 5.56 Å². The Morgan fingerprint density at radius 3 is 2.50 bits per heavy atom. The second-order valence-corrected chi connectivity index (χ2v) is 6.46. The van der Waals surface area contributed by atoms with Gasteiger partial charge >= 0.3 is 5.97 Å². The minimum atomic E-state index is -0.900. The molecule has 1 aromatic carbocycles. The van der Waals surface area contributed by atoms with E-state index in [0.717, 1.165) is 24.8 Å². The fourth-order valence-corrected chi connectivity index (χ4v) is 4.20. The Labute approximate surface area is 128 Å².